The summed E-state index contributed by atoms with van der Waals surface area (Å²) in [5.41, 5.74) is 0.547. The Bertz CT molecular complexity index is 661. The van der Waals surface area contributed by atoms with Crippen molar-refractivity contribution < 1.29 is 13.2 Å². The standard InChI is InChI=1S/C15H13F3N2S/c1-20(9-10-4-2-3-5-12(10)17)15(21)19-14-7-6-11(16)8-13(14)18/h2-8H,9H2,1H3,(H,19,21). The van der Waals surface area contributed by atoms with Gasteiger partial charge in [0.15, 0.2) is 5.11 Å². The minimum Gasteiger partial charge on any atom is -0.348 e. The Kier molecular flexibility index (Phi) is 4.80. The summed E-state index contributed by atoms with van der Waals surface area (Å²) in [6.07, 6.45) is 0. The largest absolute Gasteiger partial charge is 0.348 e. The van der Waals surface area contributed by atoms with Gasteiger partial charge in [-0.25, -0.2) is 13.2 Å². The van der Waals surface area contributed by atoms with Gasteiger partial charge in [0.2, 0.25) is 0 Å². The van der Waals surface area contributed by atoms with Gasteiger partial charge in [0.1, 0.15) is 17.5 Å². The summed E-state index contributed by atoms with van der Waals surface area (Å²) in [6, 6.07) is 9.48. The smallest absolute Gasteiger partial charge is 0.173 e. The van der Waals surface area contributed by atoms with Crippen molar-refractivity contribution in [3.05, 3.63) is 65.5 Å². The summed E-state index contributed by atoms with van der Waals surface area (Å²) < 4.78 is 39.9. The van der Waals surface area contributed by atoms with E-state index in [2.05, 4.69) is 5.32 Å². The van der Waals surface area contributed by atoms with E-state index >= 15 is 0 Å². The predicted molar refractivity (Wildman–Crippen MR) is 80.4 cm³/mol. The second kappa shape index (κ2) is 6.58. The van der Waals surface area contributed by atoms with E-state index in [1.807, 2.05) is 0 Å². The van der Waals surface area contributed by atoms with Crippen LogP contribution in [0.15, 0.2) is 42.5 Å². The first-order valence-corrected chi connectivity index (χ1v) is 6.59. The third-order valence-corrected chi connectivity index (χ3v) is 3.30. The molecule has 2 aromatic carbocycles. The van der Waals surface area contributed by atoms with E-state index in [1.54, 1.807) is 30.1 Å². The molecule has 0 aliphatic heterocycles. The zero-order valence-corrected chi connectivity index (χ0v) is 12.1. The summed E-state index contributed by atoms with van der Waals surface area (Å²) in [7, 11) is 1.66. The molecule has 0 unspecified atom stereocenters. The normalized spacial score (nSPS) is 10.3. The highest BCUT2D eigenvalue weighted by Crippen LogP contribution is 2.16. The highest BCUT2D eigenvalue weighted by molar-refractivity contribution is 7.80. The van der Waals surface area contributed by atoms with E-state index in [0.717, 1.165) is 12.1 Å². The molecule has 0 amide bonds. The van der Waals surface area contributed by atoms with Gasteiger partial charge in [0.05, 0.1) is 5.69 Å². The van der Waals surface area contributed by atoms with Crippen LogP contribution < -0.4 is 5.32 Å². The van der Waals surface area contributed by atoms with Gasteiger partial charge in [0.25, 0.3) is 0 Å². The second-order valence-corrected chi connectivity index (χ2v) is 4.89. The molecule has 0 aromatic heterocycles. The highest BCUT2D eigenvalue weighted by atomic mass is 32.1. The Morgan fingerprint density at radius 1 is 1.10 bits per heavy atom. The summed E-state index contributed by atoms with van der Waals surface area (Å²) in [5.74, 6) is -1.74. The molecule has 21 heavy (non-hydrogen) atoms. The molecule has 0 spiro atoms. The van der Waals surface area contributed by atoms with Crippen LogP contribution in [0.2, 0.25) is 0 Å². The first-order valence-electron chi connectivity index (χ1n) is 6.18. The average Bonchev–Trinajstić information content (AvgIpc) is 2.44. The summed E-state index contributed by atoms with van der Waals surface area (Å²) in [4.78, 5) is 1.57. The van der Waals surface area contributed by atoms with Crippen molar-refractivity contribution >= 4 is 23.0 Å². The molecule has 6 heteroatoms. The maximum Gasteiger partial charge on any atom is 0.173 e. The molecule has 0 saturated carbocycles. The number of rotatable bonds is 3. The van der Waals surface area contributed by atoms with Crippen LogP contribution in [0.4, 0.5) is 18.9 Å². The highest BCUT2D eigenvalue weighted by Gasteiger charge is 2.11. The van der Waals surface area contributed by atoms with Crippen molar-refractivity contribution in [2.75, 3.05) is 12.4 Å². The van der Waals surface area contributed by atoms with Crippen molar-refractivity contribution in [3.63, 3.8) is 0 Å². The number of anilines is 1. The summed E-state index contributed by atoms with van der Waals surface area (Å²) >= 11 is 5.13. The van der Waals surface area contributed by atoms with Crippen molar-refractivity contribution in [2.45, 2.75) is 6.54 Å². The van der Waals surface area contributed by atoms with Crippen molar-refractivity contribution in [2.24, 2.45) is 0 Å². The fourth-order valence-electron chi connectivity index (χ4n) is 1.76. The Balaban J connectivity index is 2.04. The lowest BCUT2D eigenvalue weighted by atomic mass is 10.2. The second-order valence-electron chi connectivity index (χ2n) is 4.50. The van der Waals surface area contributed by atoms with Crippen LogP contribution in [-0.2, 0) is 6.54 Å². The first kappa shape index (κ1) is 15.3. The lowest BCUT2D eigenvalue weighted by Crippen LogP contribution is -2.31. The minimum absolute atomic E-state index is 0.0711. The molecular weight excluding hydrogens is 297 g/mol. The molecule has 0 aliphatic carbocycles. The van der Waals surface area contributed by atoms with E-state index in [0.29, 0.717) is 5.56 Å². The van der Waals surface area contributed by atoms with E-state index in [9.17, 15) is 13.2 Å². The van der Waals surface area contributed by atoms with Crippen molar-refractivity contribution in [1.82, 2.24) is 4.90 Å². The van der Waals surface area contributed by atoms with Crippen LogP contribution in [-0.4, -0.2) is 17.1 Å². The van der Waals surface area contributed by atoms with Crippen LogP contribution in [0, 0.1) is 17.5 Å². The van der Waals surface area contributed by atoms with Gasteiger partial charge < -0.3 is 10.2 Å². The molecule has 2 aromatic rings. The SMILES string of the molecule is CN(Cc1ccccc1F)C(=S)Nc1ccc(F)cc1F. The lowest BCUT2D eigenvalue weighted by Gasteiger charge is -2.21. The zero-order valence-electron chi connectivity index (χ0n) is 11.2. The maximum atomic E-state index is 13.6. The molecule has 0 heterocycles. The van der Waals surface area contributed by atoms with Crippen LogP contribution in [0.3, 0.4) is 0 Å². The topological polar surface area (TPSA) is 15.3 Å². The molecular formula is C15H13F3N2S. The van der Waals surface area contributed by atoms with Crippen molar-refractivity contribution in [3.8, 4) is 0 Å². The number of hydrogen-bond donors (Lipinski definition) is 1. The number of thiocarbonyl (C=S) groups is 1. The third-order valence-electron chi connectivity index (χ3n) is 2.88. The average molecular weight is 310 g/mol. The van der Waals surface area contributed by atoms with E-state index in [-0.39, 0.29) is 23.2 Å². The Labute approximate surface area is 126 Å². The van der Waals surface area contributed by atoms with Gasteiger partial charge in [-0.05, 0) is 30.4 Å². The van der Waals surface area contributed by atoms with Gasteiger partial charge in [-0.2, -0.15) is 0 Å². The molecule has 2 rings (SSSR count). The van der Waals surface area contributed by atoms with Gasteiger partial charge in [-0.3, -0.25) is 0 Å². The minimum atomic E-state index is -0.739. The molecule has 0 aliphatic rings. The third kappa shape index (κ3) is 3.95. The maximum absolute atomic E-state index is 13.6. The van der Waals surface area contributed by atoms with Gasteiger partial charge in [-0.1, -0.05) is 18.2 Å². The first-order chi connectivity index (χ1) is 9.97. The number of nitrogens with one attached hydrogen (secondary N) is 1. The summed E-state index contributed by atoms with van der Waals surface area (Å²) in [6.45, 7) is 0.237. The monoisotopic (exact) mass is 310 g/mol. The molecule has 1 N–H and O–H groups in total. The molecule has 0 radical (unpaired) electrons. The Hall–Kier alpha value is -2.08. The lowest BCUT2D eigenvalue weighted by molar-refractivity contribution is 0.485. The van der Waals surface area contributed by atoms with Gasteiger partial charge in [0, 0.05) is 25.2 Å². The van der Waals surface area contributed by atoms with E-state index in [4.69, 9.17) is 12.2 Å². The molecule has 0 atom stereocenters. The van der Waals surface area contributed by atoms with Crippen molar-refractivity contribution in [1.29, 1.82) is 0 Å². The molecule has 0 fully saturated rings. The van der Waals surface area contributed by atoms with E-state index in [1.165, 1.54) is 12.1 Å². The fourth-order valence-corrected chi connectivity index (χ4v) is 1.93. The van der Waals surface area contributed by atoms with Crippen LogP contribution in [0.5, 0.6) is 0 Å². The van der Waals surface area contributed by atoms with Crippen LogP contribution in [0.1, 0.15) is 5.56 Å². The quantitative estimate of drug-likeness (QED) is 0.865. The predicted octanol–water partition coefficient (Wildman–Crippen LogP) is 3.93. The molecule has 2 nitrogen and oxygen atoms in total. The van der Waals surface area contributed by atoms with Gasteiger partial charge >= 0.3 is 0 Å². The fraction of sp³-hybridized carbons (Fsp3) is 0.133. The van der Waals surface area contributed by atoms with Gasteiger partial charge in [-0.15, -0.1) is 0 Å². The summed E-state index contributed by atoms with van der Waals surface area (Å²) in [5, 5.41) is 2.88. The zero-order chi connectivity index (χ0) is 15.4. The number of halogens is 3. The number of hydrogen-bond acceptors (Lipinski definition) is 1. The number of benzene rings is 2. The van der Waals surface area contributed by atoms with E-state index < -0.39 is 11.6 Å². The Morgan fingerprint density at radius 3 is 2.48 bits per heavy atom. The molecule has 0 saturated heterocycles. The van der Waals surface area contributed by atoms with Crippen LogP contribution in [0.25, 0.3) is 0 Å². The number of nitrogens with zero attached hydrogens (tertiary/aromatic N) is 1. The molecule has 110 valence electrons. The Morgan fingerprint density at radius 2 is 1.81 bits per heavy atom. The van der Waals surface area contributed by atoms with Crippen LogP contribution >= 0.6 is 12.2 Å². The molecule has 0 bridgehead atoms.